The number of H-pyrrole nitrogens is 1. The lowest BCUT2D eigenvalue weighted by Gasteiger charge is -2.06. The molecule has 1 aromatic carbocycles. The summed E-state index contributed by atoms with van der Waals surface area (Å²) in [6, 6.07) is 5.94. The second-order valence-corrected chi connectivity index (χ2v) is 4.16. The number of aliphatic imine (C=N–C) groups is 1. The predicted octanol–water partition coefficient (Wildman–Crippen LogP) is 1.34. The van der Waals surface area contributed by atoms with Crippen molar-refractivity contribution in [3.05, 3.63) is 53.6 Å². The number of imidazole rings is 1. The molecule has 0 aliphatic rings. The van der Waals surface area contributed by atoms with Crippen molar-refractivity contribution in [1.82, 2.24) is 9.97 Å². The van der Waals surface area contributed by atoms with Gasteiger partial charge in [0.1, 0.15) is 0 Å². The Labute approximate surface area is 115 Å². The normalized spacial score (nSPS) is 12.4. The summed E-state index contributed by atoms with van der Waals surface area (Å²) in [6.07, 6.45) is 5.39. The van der Waals surface area contributed by atoms with E-state index in [1.165, 1.54) is 12.5 Å². The van der Waals surface area contributed by atoms with Crippen molar-refractivity contribution in [2.75, 3.05) is 0 Å². The van der Waals surface area contributed by atoms with Crippen LogP contribution in [0.4, 0.5) is 0 Å². The van der Waals surface area contributed by atoms with Crippen LogP contribution in [0.3, 0.4) is 0 Å². The lowest BCUT2D eigenvalue weighted by molar-refractivity contribution is -0.138. The summed E-state index contributed by atoms with van der Waals surface area (Å²) < 4.78 is 0. The molecule has 0 aliphatic heterocycles. The van der Waals surface area contributed by atoms with Crippen molar-refractivity contribution in [2.45, 2.75) is 12.5 Å². The van der Waals surface area contributed by atoms with Crippen LogP contribution in [0.1, 0.15) is 21.6 Å². The van der Waals surface area contributed by atoms with Gasteiger partial charge in [0.2, 0.25) is 0 Å². The zero-order valence-electron chi connectivity index (χ0n) is 10.6. The van der Waals surface area contributed by atoms with E-state index in [-0.39, 0.29) is 6.42 Å². The van der Waals surface area contributed by atoms with Crippen LogP contribution in [0.25, 0.3) is 0 Å². The molecule has 1 atom stereocenters. The second kappa shape index (κ2) is 6.42. The zero-order chi connectivity index (χ0) is 14.4. The molecule has 6 nitrogen and oxygen atoms in total. The van der Waals surface area contributed by atoms with Gasteiger partial charge in [-0.1, -0.05) is 24.3 Å². The van der Waals surface area contributed by atoms with E-state index >= 15 is 0 Å². The first-order chi connectivity index (χ1) is 9.70. The molecule has 0 spiro atoms. The molecule has 6 heteroatoms. The van der Waals surface area contributed by atoms with E-state index in [1.54, 1.807) is 30.5 Å². The Morgan fingerprint density at radius 2 is 2.15 bits per heavy atom. The molecule has 1 heterocycles. The number of aliphatic carboxylic acids is 1. The third-order valence-electron chi connectivity index (χ3n) is 2.77. The molecule has 2 rings (SSSR count). The highest BCUT2D eigenvalue weighted by Gasteiger charge is 2.16. The number of nitrogens with zero attached hydrogens (tertiary/aromatic N) is 2. The standard InChI is InChI=1S/C14H13N3O3/c18-8-11-4-2-1-3-10(11)6-16-13(14(19)20)5-12-7-15-9-17-12/h1-4,6-9,13H,5H2,(H,15,17)(H,19,20)/t13-/m1/s1. The molecule has 0 unspecified atom stereocenters. The number of aromatic amines is 1. The topological polar surface area (TPSA) is 95.4 Å². The van der Waals surface area contributed by atoms with E-state index in [2.05, 4.69) is 15.0 Å². The van der Waals surface area contributed by atoms with Gasteiger partial charge >= 0.3 is 5.97 Å². The van der Waals surface area contributed by atoms with E-state index in [4.69, 9.17) is 5.11 Å². The second-order valence-electron chi connectivity index (χ2n) is 4.16. The Bertz CT molecular complexity index is 620. The molecule has 0 saturated heterocycles. The summed E-state index contributed by atoms with van der Waals surface area (Å²) in [5.41, 5.74) is 1.76. The molecule has 0 amide bonds. The Morgan fingerprint density at radius 1 is 1.40 bits per heavy atom. The highest BCUT2D eigenvalue weighted by molar-refractivity contribution is 5.93. The van der Waals surface area contributed by atoms with Crippen molar-refractivity contribution in [1.29, 1.82) is 0 Å². The summed E-state index contributed by atoms with van der Waals surface area (Å²) in [7, 11) is 0. The van der Waals surface area contributed by atoms with E-state index < -0.39 is 12.0 Å². The fourth-order valence-electron chi connectivity index (χ4n) is 1.71. The van der Waals surface area contributed by atoms with Crippen LogP contribution in [0, 0.1) is 0 Å². The van der Waals surface area contributed by atoms with E-state index in [9.17, 15) is 9.59 Å². The number of benzene rings is 1. The van der Waals surface area contributed by atoms with Crippen LogP contribution >= 0.6 is 0 Å². The number of aldehydes is 1. The van der Waals surface area contributed by atoms with E-state index in [1.807, 2.05) is 0 Å². The van der Waals surface area contributed by atoms with Crippen molar-refractivity contribution in [3.8, 4) is 0 Å². The summed E-state index contributed by atoms with van der Waals surface area (Å²) in [5, 5.41) is 9.16. The maximum atomic E-state index is 11.2. The van der Waals surface area contributed by atoms with Gasteiger partial charge in [-0.25, -0.2) is 9.78 Å². The van der Waals surface area contributed by atoms with Gasteiger partial charge in [0.05, 0.1) is 6.33 Å². The molecular weight excluding hydrogens is 258 g/mol. The fourth-order valence-corrected chi connectivity index (χ4v) is 1.71. The lowest BCUT2D eigenvalue weighted by atomic mass is 10.1. The fraction of sp³-hybridized carbons (Fsp3) is 0.143. The van der Waals surface area contributed by atoms with Gasteiger partial charge < -0.3 is 10.1 Å². The quantitative estimate of drug-likeness (QED) is 0.612. The molecule has 0 radical (unpaired) electrons. The summed E-state index contributed by atoms with van der Waals surface area (Å²) >= 11 is 0. The minimum absolute atomic E-state index is 0.217. The van der Waals surface area contributed by atoms with Crippen LogP contribution < -0.4 is 0 Å². The molecule has 102 valence electrons. The first kappa shape index (κ1) is 13.7. The molecule has 0 saturated carbocycles. The Kier molecular flexibility index (Phi) is 4.39. The Morgan fingerprint density at radius 3 is 2.75 bits per heavy atom. The molecular formula is C14H13N3O3. The van der Waals surface area contributed by atoms with Crippen molar-refractivity contribution in [2.24, 2.45) is 4.99 Å². The van der Waals surface area contributed by atoms with Gasteiger partial charge in [0.15, 0.2) is 12.3 Å². The number of carboxylic acids is 1. The number of rotatable bonds is 6. The highest BCUT2D eigenvalue weighted by Crippen LogP contribution is 2.06. The first-order valence-electron chi connectivity index (χ1n) is 5.98. The molecule has 0 bridgehead atoms. The number of nitrogens with one attached hydrogen (secondary N) is 1. The number of hydrogen-bond donors (Lipinski definition) is 2. The molecule has 0 fully saturated rings. The van der Waals surface area contributed by atoms with Gasteiger partial charge in [0, 0.05) is 35.7 Å². The van der Waals surface area contributed by atoms with Crippen LogP contribution in [-0.4, -0.2) is 39.6 Å². The number of carbonyl (C=O) groups excluding carboxylic acids is 1. The van der Waals surface area contributed by atoms with Gasteiger partial charge in [-0.3, -0.25) is 9.79 Å². The largest absolute Gasteiger partial charge is 0.480 e. The average molecular weight is 271 g/mol. The number of aromatic nitrogens is 2. The predicted molar refractivity (Wildman–Crippen MR) is 73.1 cm³/mol. The third-order valence-corrected chi connectivity index (χ3v) is 2.77. The van der Waals surface area contributed by atoms with Crippen LogP contribution in [0.15, 0.2) is 41.8 Å². The van der Waals surface area contributed by atoms with E-state index in [0.717, 1.165) is 0 Å². The summed E-state index contributed by atoms with van der Waals surface area (Å²) in [5.74, 6) is -1.03. The first-order valence-corrected chi connectivity index (χ1v) is 5.98. The van der Waals surface area contributed by atoms with Gasteiger partial charge in [-0.2, -0.15) is 0 Å². The SMILES string of the molecule is O=Cc1ccccc1C=N[C@H](Cc1cnc[nH]1)C(=O)O. The molecule has 2 N–H and O–H groups in total. The minimum atomic E-state index is -1.03. The monoisotopic (exact) mass is 271 g/mol. The van der Waals surface area contributed by atoms with E-state index in [0.29, 0.717) is 23.1 Å². The van der Waals surface area contributed by atoms with Crippen molar-refractivity contribution >= 4 is 18.5 Å². The Balaban J connectivity index is 2.17. The average Bonchev–Trinajstić information content (AvgIpc) is 2.96. The van der Waals surface area contributed by atoms with Crippen molar-refractivity contribution < 1.29 is 14.7 Å². The maximum Gasteiger partial charge on any atom is 0.328 e. The lowest BCUT2D eigenvalue weighted by Crippen LogP contribution is -2.21. The molecule has 0 aliphatic carbocycles. The van der Waals surface area contributed by atoms with Crippen LogP contribution in [0.5, 0.6) is 0 Å². The van der Waals surface area contributed by atoms with Crippen molar-refractivity contribution in [3.63, 3.8) is 0 Å². The zero-order valence-corrected chi connectivity index (χ0v) is 10.6. The minimum Gasteiger partial charge on any atom is -0.480 e. The van der Waals surface area contributed by atoms with Crippen LogP contribution in [0.2, 0.25) is 0 Å². The summed E-state index contributed by atoms with van der Waals surface area (Å²) in [4.78, 5) is 32.8. The van der Waals surface area contributed by atoms with Gasteiger partial charge in [-0.15, -0.1) is 0 Å². The number of carbonyl (C=O) groups is 2. The Hall–Kier alpha value is -2.76. The van der Waals surface area contributed by atoms with Gasteiger partial charge in [-0.05, 0) is 0 Å². The third kappa shape index (κ3) is 3.38. The highest BCUT2D eigenvalue weighted by atomic mass is 16.4. The molecule has 2 aromatic rings. The number of hydrogen-bond acceptors (Lipinski definition) is 4. The maximum absolute atomic E-state index is 11.2. The number of carboxylic acid groups (broad SMARTS) is 1. The smallest absolute Gasteiger partial charge is 0.328 e. The molecule has 1 aromatic heterocycles. The van der Waals surface area contributed by atoms with Gasteiger partial charge in [0.25, 0.3) is 0 Å². The molecule has 20 heavy (non-hydrogen) atoms. The van der Waals surface area contributed by atoms with Crippen LogP contribution in [-0.2, 0) is 11.2 Å². The summed E-state index contributed by atoms with van der Waals surface area (Å²) in [6.45, 7) is 0.